The van der Waals surface area contributed by atoms with Crippen LogP contribution in [0.1, 0.15) is 44.9 Å². The van der Waals surface area contributed by atoms with Crippen LogP contribution in [0.4, 0.5) is 0 Å². The SMILES string of the molecule is O=C1CCC[C@@H]2[C@@H]3C[C@H](CN12)[C@@H]1CCCC[NH+]1C3. The van der Waals surface area contributed by atoms with E-state index in [0.29, 0.717) is 11.9 Å². The summed E-state index contributed by atoms with van der Waals surface area (Å²) in [6, 6.07) is 1.49. The maximum absolute atomic E-state index is 12.1. The van der Waals surface area contributed by atoms with E-state index in [1.54, 1.807) is 0 Å². The smallest absolute Gasteiger partial charge is 0.222 e. The summed E-state index contributed by atoms with van der Waals surface area (Å²) in [5, 5.41) is 0. The molecule has 1 N–H and O–H groups in total. The van der Waals surface area contributed by atoms with Gasteiger partial charge in [-0.25, -0.2) is 0 Å². The summed E-state index contributed by atoms with van der Waals surface area (Å²) >= 11 is 0. The Morgan fingerprint density at radius 3 is 3.00 bits per heavy atom. The van der Waals surface area contributed by atoms with Gasteiger partial charge in [-0.15, -0.1) is 0 Å². The standard InChI is InChI=1S/C15H24N2O/c18-15-6-3-5-14-11-8-12(10-17(14)15)13-4-1-2-7-16(13)9-11/h11-14H,1-10H2/p+1/t11-,12-,13+,14-/m1/s1. The molecule has 0 aliphatic carbocycles. The molecule has 0 radical (unpaired) electrons. The number of nitrogens with one attached hydrogen (secondary N) is 1. The number of piperidine rings is 4. The largest absolute Gasteiger partial charge is 0.339 e. The van der Waals surface area contributed by atoms with Crippen molar-refractivity contribution in [2.45, 2.75) is 57.0 Å². The molecular formula is C15H25N2O+. The third kappa shape index (κ3) is 1.63. The monoisotopic (exact) mass is 249 g/mol. The molecule has 4 fully saturated rings. The van der Waals surface area contributed by atoms with E-state index in [9.17, 15) is 4.79 Å². The second kappa shape index (κ2) is 4.22. The van der Waals surface area contributed by atoms with Gasteiger partial charge in [0.05, 0.1) is 19.1 Å². The average molecular weight is 249 g/mol. The normalized spacial score (nSPS) is 47.4. The van der Waals surface area contributed by atoms with Crippen molar-refractivity contribution in [3.8, 4) is 0 Å². The van der Waals surface area contributed by atoms with E-state index in [-0.39, 0.29) is 0 Å². The lowest BCUT2D eigenvalue weighted by atomic mass is 9.71. The van der Waals surface area contributed by atoms with Crippen molar-refractivity contribution in [1.29, 1.82) is 0 Å². The summed E-state index contributed by atoms with van der Waals surface area (Å²) < 4.78 is 0. The van der Waals surface area contributed by atoms with E-state index >= 15 is 0 Å². The van der Waals surface area contributed by atoms with Gasteiger partial charge in [-0.2, -0.15) is 0 Å². The van der Waals surface area contributed by atoms with E-state index in [4.69, 9.17) is 0 Å². The highest BCUT2D eigenvalue weighted by molar-refractivity contribution is 5.77. The first-order chi connectivity index (χ1) is 8.83. The lowest BCUT2D eigenvalue weighted by Crippen LogP contribution is -3.19. The molecule has 4 saturated heterocycles. The van der Waals surface area contributed by atoms with Crippen molar-refractivity contribution in [1.82, 2.24) is 4.90 Å². The molecular weight excluding hydrogens is 224 g/mol. The molecule has 100 valence electrons. The van der Waals surface area contributed by atoms with E-state index in [1.165, 1.54) is 45.2 Å². The van der Waals surface area contributed by atoms with Crippen LogP contribution in [0.2, 0.25) is 0 Å². The Bertz CT molecular complexity index is 356. The zero-order valence-corrected chi connectivity index (χ0v) is 11.2. The topological polar surface area (TPSA) is 24.8 Å². The zero-order valence-electron chi connectivity index (χ0n) is 11.2. The first kappa shape index (κ1) is 11.3. The predicted octanol–water partition coefficient (Wildman–Crippen LogP) is 0.455. The number of rotatable bonds is 0. The third-order valence-corrected chi connectivity index (χ3v) is 6.07. The maximum atomic E-state index is 12.1. The average Bonchev–Trinajstić information content (AvgIpc) is 2.40. The molecule has 1 amide bonds. The quantitative estimate of drug-likeness (QED) is 0.662. The maximum Gasteiger partial charge on any atom is 0.222 e. The molecule has 4 aliphatic heterocycles. The molecule has 0 aromatic rings. The number of quaternary nitrogens is 1. The number of amides is 1. The molecule has 0 spiro atoms. The highest BCUT2D eigenvalue weighted by atomic mass is 16.2. The van der Waals surface area contributed by atoms with Gasteiger partial charge in [-0.05, 0) is 38.5 Å². The van der Waals surface area contributed by atoms with Gasteiger partial charge < -0.3 is 9.80 Å². The van der Waals surface area contributed by atoms with Crippen LogP contribution in [0.5, 0.6) is 0 Å². The first-order valence-corrected chi connectivity index (χ1v) is 7.97. The molecule has 0 saturated carbocycles. The fraction of sp³-hybridized carbons (Fsp3) is 0.933. The van der Waals surface area contributed by atoms with Crippen molar-refractivity contribution in [3.05, 3.63) is 0 Å². The second-order valence-electron chi connectivity index (χ2n) is 6.98. The third-order valence-electron chi connectivity index (χ3n) is 6.07. The van der Waals surface area contributed by atoms with Crippen LogP contribution in [-0.2, 0) is 4.79 Å². The van der Waals surface area contributed by atoms with E-state index in [1.807, 2.05) is 4.90 Å². The van der Waals surface area contributed by atoms with Gasteiger partial charge in [0, 0.05) is 30.8 Å². The van der Waals surface area contributed by atoms with Crippen molar-refractivity contribution in [2.75, 3.05) is 19.6 Å². The van der Waals surface area contributed by atoms with Gasteiger partial charge in [-0.1, -0.05) is 0 Å². The van der Waals surface area contributed by atoms with Crippen LogP contribution in [-0.4, -0.2) is 42.5 Å². The van der Waals surface area contributed by atoms with E-state index in [0.717, 1.165) is 37.3 Å². The summed E-state index contributed by atoms with van der Waals surface area (Å²) in [6.07, 6.45) is 8.92. The molecule has 1 unspecified atom stereocenters. The summed E-state index contributed by atoms with van der Waals surface area (Å²) in [5.41, 5.74) is 0. The van der Waals surface area contributed by atoms with Crippen LogP contribution in [0.25, 0.3) is 0 Å². The molecule has 4 aliphatic rings. The molecule has 5 atom stereocenters. The van der Waals surface area contributed by atoms with Crippen molar-refractivity contribution in [3.63, 3.8) is 0 Å². The highest BCUT2D eigenvalue weighted by Crippen LogP contribution is 2.37. The first-order valence-electron chi connectivity index (χ1n) is 7.97. The van der Waals surface area contributed by atoms with Gasteiger partial charge in [0.2, 0.25) is 5.91 Å². The van der Waals surface area contributed by atoms with Crippen LogP contribution in [0.3, 0.4) is 0 Å². The number of nitrogens with zero attached hydrogens (tertiary/aromatic N) is 1. The Labute approximate surface area is 110 Å². The molecule has 18 heavy (non-hydrogen) atoms. The summed E-state index contributed by atoms with van der Waals surface area (Å²) in [7, 11) is 0. The number of carbonyl (C=O) groups excluding carboxylic acids is 1. The van der Waals surface area contributed by atoms with Crippen LogP contribution < -0.4 is 4.90 Å². The Kier molecular flexibility index (Phi) is 2.65. The number of hydrogen-bond donors (Lipinski definition) is 1. The number of fused-ring (bicyclic) bond motifs is 6. The fourth-order valence-corrected chi connectivity index (χ4v) is 5.32. The summed E-state index contributed by atoms with van der Waals surface area (Å²) in [5.74, 6) is 2.09. The number of hydrogen-bond acceptors (Lipinski definition) is 1. The molecule has 4 heterocycles. The lowest BCUT2D eigenvalue weighted by molar-refractivity contribution is -0.945. The lowest BCUT2D eigenvalue weighted by Gasteiger charge is -2.54. The second-order valence-corrected chi connectivity index (χ2v) is 6.98. The summed E-state index contributed by atoms with van der Waals surface area (Å²) in [6.45, 7) is 3.85. The van der Waals surface area contributed by atoms with E-state index in [2.05, 4.69) is 4.90 Å². The van der Waals surface area contributed by atoms with Gasteiger partial charge in [0.1, 0.15) is 0 Å². The minimum Gasteiger partial charge on any atom is -0.339 e. The Morgan fingerprint density at radius 2 is 2.06 bits per heavy atom. The van der Waals surface area contributed by atoms with Gasteiger partial charge in [0.15, 0.2) is 0 Å². The van der Waals surface area contributed by atoms with Gasteiger partial charge in [0.25, 0.3) is 0 Å². The minimum absolute atomic E-state index is 0.459. The Hall–Kier alpha value is -0.570. The van der Waals surface area contributed by atoms with Crippen LogP contribution >= 0.6 is 0 Å². The minimum atomic E-state index is 0.459. The van der Waals surface area contributed by atoms with Crippen molar-refractivity contribution in [2.24, 2.45) is 11.8 Å². The highest BCUT2D eigenvalue weighted by Gasteiger charge is 2.50. The van der Waals surface area contributed by atoms with Gasteiger partial charge in [-0.3, -0.25) is 4.79 Å². The Balaban J connectivity index is 1.59. The van der Waals surface area contributed by atoms with Crippen molar-refractivity contribution >= 4 is 5.91 Å². The fourth-order valence-electron chi connectivity index (χ4n) is 5.32. The molecule has 3 heteroatoms. The van der Waals surface area contributed by atoms with Crippen LogP contribution in [0, 0.1) is 11.8 Å². The zero-order chi connectivity index (χ0) is 12.1. The summed E-state index contributed by atoms with van der Waals surface area (Å²) in [4.78, 5) is 16.3. The van der Waals surface area contributed by atoms with E-state index < -0.39 is 0 Å². The molecule has 4 rings (SSSR count). The molecule has 0 aromatic heterocycles. The number of carbonyl (C=O) groups is 1. The Morgan fingerprint density at radius 1 is 1.11 bits per heavy atom. The molecule has 3 nitrogen and oxygen atoms in total. The predicted molar refractivity (Wildman–Crippen MR) is 69.3 cm³/mol. The molecule has 2 bridgehead atoms. The van der Waals surface area contributed by atoms with Gasteiger partial charge >= 0.3 is 0 Å². The van der Waals surface area contributed by atoms with Crippen LogP contribution in [0.15, 0.2) is 0 Å². The molecule has 0 aromatic carbocycles. The van der Waals surface area contributed by atoms with Crippen molar-refractivity contribution < 1.29 is 9.69 Å².